The van der Waals surface area contributed by atoms with Gasteiger partial charge in [-0.1, -0.05) is 11.6 Å². The SMILES string of the molecule is CN(C)C(=O)c1cnc(NC2CCCn3ncnc32)c(Cl)c1. The van der Waals surface area contributed by atoms with Crippen molar-refractivity contribution in [3.8, 4) is 0 Å². The number of carbonyl (C=O) groups excluding carboxylic acids is 1. The molecular formula is C14H17ClN6O. The van der Waals surface area contributed by atoms with Gasteiger partial charge in [0.25, 0.3) is 5.91 Å². The Morgan fingerprint density at radius 3 is 3.00 bits per heavy atom. The third kappa shape index (κ3) is 2.76. The summed E-state index contributed by atoms with van der Waals surface area (Å²) in [6, 6.07) is 1.66. The number of aryl methyl sites for hydroxylation is 1. The lowest BCUT2D eigenvalue weighted by Crippen LogP contribution is -2.24. The number of anilines is 1. The molecule has 1 unspecified atom stereocenters. The lowest BCUT2D eigenvalue weighted by molar-refractivity contribution is 0.0827. The van der Waals surface area contributed by atoms with Crippen molar-refractivity contribution in [2.45, 2.75) is 25.4 Å². The number of fused-ring (bicyclic) bond motifs is 1. The van der Waals surface area contributed by atoms with Crippen LogP contribution in [0.5, 0.6) is 0 Å². The third-order valence-electron chi connectivity index (χ3n) is 3.63. The van der Waals surface area contributed by atoms with Gasteiger partial charge in [0.05, 0.1) is 16.6 Å². The molecule has 1 aliphatic heterocycles. The number of hydrogen-bond acceptors (Lipinski definition) is 5. The van der Waals surface area contributed by atoms with Gasteiger partial charge < -0.3 is 10.2 Å². The molecule has 0 spiro atoms. The molecule has 7 nitrogen and oxygen atoms in total. The first-order valence-corrected chi connectivity index (χ1v) is 7.45. The highest BCUT2D eigenvalue weighted by Crippen LogP contribution is 2.29. The molecule has 2 aromatic rings. The number of pyridine rings is 1. The zero-order valence-corrected chi connectivity index (χ0v) is 13.2. The van der Waals surface area contributed by atoms with Gasteiger partial charge in [0.1, 0.15) is 18.0 Å². The van der Waals surface area contributed by atoms with Crippen molar-refractivity contribution in [2.24, 2.45) is 0 Å². The molecule has 0 saturated carbocycles. The molecule has 8 heteroatoms. The lowest BCUT2D eigenvalue weighted by atomic mass is 10.1. The first kappa shape index (κ1) is 14.8. The van der Waals surface area contributed by atoms with Crippen LogP contribution in [-0.4, -0.2) is 44.7 Å². The minimum Gasteiger partial charge on any atom is -0.359 e. The first-order chi connectivity index (χ1) is 10.6. The second-order valence-corrected chi connectivity index (χ2v) is 5.84. The zero-order valence-electron chi connectivity index (χ0n) is 12.5. The van der Waals surface area contributed by atoms with E-state index in [0.717, 1.165) is 25.2 Å². The fraction of sp³-hybridized carbons (Fsp3) is 0.429. The monoisotopic (exact) mass is 320 g/mol. The van der Waals surface area contributed by atoms with Crippen LogP contribution >= 0.6 is 11.6 Å². The Balaban J connectivity index is 1.81. The molecule has 0 saturated heterocycles. The summed E-state index contributed by atoms with van der Waals surface area (Å²) < 4.78 is 1.89. The lowest BCUT2D eigenvalue weighted by Gasteiger charge is -2.24. The van der Waals surface area contributed by atoms with E-state index in [2.05, 4.69) is 20.4 Å². The highest BCUT2D eigenvalue weighted by Gasteiger charge is 2.23. The first-order valence-electron chi connectivity index (χ1n) is 7.07. The number of carbonyl (C=O) groups is 1. The van der Waals surface area contributed by atoms with Crippen LogP contribution in [0.1, 0.15) is 35.1 Å². The molecular weight excluding hydrogens is 304 g/mol. The number of rotatable bonds is 3. The number of halogens is 1. The van der Waals surface area contributed by atoms with Crippen LogP contribution in [0.2, 0.25) is 5.02 Å². The van der Waals surface area contributed by atoms with Gasteiger partial charge in [0, 0.05) is 26.8 Å². The Kier molecular flexibility index (Phi) is 3.98. The van der Waals surface area contributed by atoms with Gasteiger partial charge in [-0.25, -0.2) is 14.6 Å². The van der Waals surface area contributed by atoms with Crippen LogP contribution in [0.4, 0.5) is 5.82 Å². The Hall–Kier alpha value is -2.15. The number of nitrogens with one attached hydrogen (secondary N) is 1. The summed E-state index contributed by atoms with van der Waals surface area (Å²) in [7, 11) is 3.38. The summed E-state index contributed by atoms with van der Waals surface area (Å²) in [5.41, 5.74) is 0.465. The minimum atomic E-state index is -0.127. The van der Waals surface area contributed by atoms with Crippen molar-refractivity contribution in [2.75, 3.05) is 19.4 Å². The van der Waals surface area contributed by atoms with Crippen molar-refractivity contribution in [1.82, 2.24) is 24.6 Å². The Labute approximate surface area is 133 Å². The summed E-state index contributed by atoms with van der Waals surface area (Å²) in [6.07, 6.45) is 5.05. The summed E-state index contributed by atoms with van der Waals surface area (Å²) in [5, 5.41) is 7.91. The van der Waals surface area contributed by atoms with E-state index in [1.165, 1.54) is 11.1 Å². The Morgan fingerprint density at radius 1 is 1.45 bits per heavy atom. The van der Waals surface area contributed by atoms with Crippen LogP contribution in [-0.2, 0) is 6.54 Å². The van der Waals surface area contributed by atoms with E-state index >= 15 is 0 Å². The van der Waals surface area contributed by atoms with Crippen molar-refractivity contribution < 1.29 is 4.79 Å². The highest BCUT2D eigenvalue weighted by atomic mass is 35.5. The molecule has 0 fully saturated rings. The fourth-order valence-corrected chi connectivity index (χ4v) is 2.73. The van der Waals surface area contributed by atoms with Crippen molar-refractivity contribution >= 4 is 23.3 Å². The molecule has 0 aromatic carbocycles. The van der Waals surface area contributed by atoms with Gasteiger partial charge in [-0.05, 0) is 18.9 Å². The predicted octanol–water partition coefficient (Wildman–Crippen LogP) is 1.98. The van der Waals surface area contributed by atoms with E-state index in [4.69, 9.17) is 11.6 Å². The summed E-state index contributed by atoms with van der Waals surface area (Å²) in [6.45, 7) is 0.880. The van der Waals surface area contributed by atoms with E-state index in [1.807, 2.05) is 4.68 Å². The molecule has 1 atom stereocenters. The molecule has 3 heterocycles. The topological polar surface area (TPSA) is 75.9 Å². The molecule has 0 bridgehead atoms. The summed E-state index contributed by atoms with van der Waals surface area (Å²) >= 11 is 6.26. The largest absolute Gasteiger partial charge is 0.359 e. The smallest absolute Gasteiger partial charge is 0.254 e. The molecule has 1 amide bonds. The normalized spacial score (nSPS) is 17.0. The number of hydrogen-bond donors (Lipinski definition) is 1. The molecule has 0 radical (unpaired) electrons. The maximum absolute atomic E-state index is 11.9. The van der Waals surface area contributed by atoms with Gasteiger partial charge in [0.15, 0.2) is 0 Å². The predicted molar refractivity (Wildman–Crippen MR) is 82.9 cm³/mol. The van der Waals surface area contributed by atoms with Crippen molar-refractivity contribution in [1.29, 1.82) is 0 Å². The van der Waals surface area contributed by atoms with Crippen LogP contribution in [0.3, 0.4) is 0 Å². The van der Waals surface area contributed by atoms with Crippen molar-refractivity contribution in [3.63, 3.8) is 0 Å². The standard InChI is InChI=1S/C14H17ClN6O/c1-20(2)14(22)9-6-10(15)12(16-7-9)19-11-4-3-5-21-13(11)17-8-18-21/h6-8,11H,3-5H2,1-2H3,(H,16,19). The van der Waals surface area contributed by atoms with Crippen LogP contribution in [0.25, 0.3) is 0 Å². The second kappa shape index (κ2) is 5.92. The van der Waals surface area contributed by atoms with Gasteiger partial charge in [-0.3, -0.25) is 4.79 Å². The molecule has 0 aliphatic carbocycles. The maximum Gasteiger partial charge on any atom is 0.254 e. The summed E-state index contributed by atoms with van der Waals surface area (Å²) in [4.78, 5) is 22.0. The van der Waals surface area contributed by atoms with E-state index in [-0.39, 0.29) is 11.9 Å². The number of amides is 1. The van der Waals surface area contributed by atoms with Crippen molar-refractivity contribution in [3.05, 3.63) is 35.0 Å². The molecule has 116 valence electrons. The second-order valence-electron chi connectivity index (χ2n) is 5.43. The van der Waals surface area contributed by atoms with E-state index in [0.29, 0.717) is 16.4 Å². The maximum atomic E-state index is 11.9. The van der Waals surface area contributed by atoms with Gasteiger partial charge in [-0.15, -0.1) is 0 Å². The zero-order chi connectivity index (χ0) is 15.7. The fourth-order valence-electron chi connectivity index (χ4n) is 2.51. The van der Waals surface area contributed by atoms with Crippen LogP contribution in [0, 0.1) is 0 Å². The average Bonchev–Trinajstić information content (AvgIpc) is 2.98. The quantitative estimate of drug-likeness (QED) is 0.935. The van der Waals surface area contributed by atoms with Gasteiger partial charge >= 0.3 is 0 Å². The minimum absolute atomic E-state index is 0.0247. The Morgan fingerprint density at radius 2 is 2.27 bits per heavy atom. The third-order valence-corrected chi connectivity index (χ3v) is 3.91. The molecule has 1 N–H and O–H groups in total. The number of aromatic nitrogens is 4. The van der Waals surface area contributed by atoms with Crippen LogP contribution in [0.15, 0.2) is 18.6 Å². The number of nitrogens with zero attached hydrogens (tertiary/aromatic N) is 5. The Bertz CT molecular complexity index is 698. The van der Waals surface area contributed by atoms with Gasteiger partial charge in [-0.2, -0.15) is 5.10 Å². The van der Waals surface area contributed by atoms with Gasteiger partial charge in [0.2, 0.25) is 0 Å². The molecule has 1 aliphatic rings. The molecule has 2 aromatic heterocycles. The van der Waals surface area contributed by atoms with Crippen LogP contribution < -0.4 is 5.32 Å². The average molecular weight is 321 g/mol. The molecule has 3 rings (SSSR count). The molecule has 22 heavy (non-hydrogen) atoms. The highest BCUT2D eigenvalue weighted by molar-refractivity contribution is 6.33. The summed E-state index contributed by atoms with van der Waals surface area (Å²) in [5.74, 6) is 1.31. The van der Waals surface area contributed by atoms with E-state index in [9.17, 15) is 4.79 Å². The van der Waals surface area contributed by atoms with E-state index < -0.39 is 0 Å². The van der Waals surface area contributed by atoms with E-state index in [1.54, 1.807) is 26.5 Å².